The van der Waals surface area contributed by atoms with Gasteiger partial charge in [-0.15, -0.1) is 0 Å². The largest absolute Gasteiger partial charge is 0.409 e. The molecule has 0 unspecified atom stereocenters. The van der Waals surface area contributed by atoms with Crippen LogP contribution in [0.3, 0.4) is 0 Å². The molecule has 7 heteroatoms. The Kier molecular flexibility index (Phi) is 9.33. The molecule has 0 spiro atoms. The van der Waals surface area contributed by atoms with Gasteiger partial charge in [-0.2, -0.15) is 0 Å². The molecule has 0 atom stereocenters. The van der Waals surface area contributed by atoms with Crippen molar-refractivity contribution < 1.29 is 14.7 Å². The number of unbranched alkanes of at least 4 members (excludes halogenated alkanes) is 1. The van der Waals surface area contributed by atoms with E-state index in [1.165, 1.54) is 0 Å². The Labute approximate surface area is 94.8 Å². The molecule has 0 aromatic heterocycles. The van der Waals surface area contributed by atoms with E-state index in [-0.39, 0.29) is 12.4 Å². The molecule has 7 nitrogen and oxygen atoms in total. The van der Waals surface area contributed by atoms with Crippen molar-refractivity contribution in [3.8, 4) is 0 Å². The molecular formula is C9H20N4O3. The first kappa shape index (κ1) is 14.7. The molecule has 0 aromatic rings. The van der Waals surface area contributed by atoms with Gasteiger partial charge >= 0.3 is 0 Å². The van der Waals surface area contributed by atoms with Crippen molar-refractivity contribution in [2.75, 3.05) is 26.3 Å². The summed E-state index contributed by atoms with van der Waals surface area (Å²) in [6.07, 6.45) is 2.40. The van der Waals surface area contributed by atoms with Gasteiger partial charge in [0.25, 0.3) is 0 Å². The van der Waals surface area contributed by atoms with Crippen LogP contribution in [0.5, 0.6) is 0 Å². The van der Waals surface area contributed by atoms with Crippen molar-refractivity contribution in [3.05, 3.63) is 0 Å². The van der Waals surface area contributed by atoms with Crippen LogP contribution >= 0.6 is 0 Å². The maximum absolute atomic E-state index is 10.3. The van der Waals surface area contributed by atoms with Crippen molar-refractivity contribution >= 4 is 11.7 Å². The Hall–Kier alpha value is -1.34. The number of hydrogen-bond donors (Lipinski definition) is 4. The normalized spacial score (nSPS) is 11.6. The van der Waals surface area contributed by atoms with Crippen LogP contribution in [0.4, 0.5) is 0 Å². The second-order valence-electron chi connectivity index (χ2n) is 3.32. The van der Waals surface area contributed by atoms with E-state index in [2.05, 4.69) is 10.5 Å². The molecule has 0 bridgehead atoms. The molecule has 0 aliphatic carbocycles. The lowest BCUT2D eigenvalue weighted by Crippen LogP contribution is -2.24. The van der Waals surface area contributed by atoms with Gasteiger partial charge in [0.05, 0.1) is 6.61 Å². The van der Waals surface area contributed by atoms with E-state index in [4.69, 9.17) is 21.4 Å². The molecule has 94 valence electrons. The molecule has 0 aliphatic rings. The quantitative estimate of drug-likeness (QED) is 0.126. The van der Waals surface area contributed by atoms with Gasteiger partial charge in [-0.1, -0.05) is 5.16 Å². The van der Waals surface area contributed by atoms with E-state index < -0.39 is 5.91 Å². The number of nitrogens with two attached hydrogens (primary N) is 2. The summed E-state index contributed by atoms with van der Waals surface area (Å²) < 4.78 is 4.95. The van der Waals surface area contributed by atoms with Crippen molar-refractivity contribution in [3.63, 3.8) is 0 Å². The second-order valence-corrected chi connectivity index (χ2v) is 3.32. The highest BCUT2D eigenvalue weighted by atomic mass is 16.5. The van der Waals surface area contributed by atoms with Crippen LogP contribution in [-0.2, 0) is 9.53 Å². The number of carbonyl (C=O) groups is 1. The van der Waals surface area contributed by atoms with E-state index in [0.29, 0.717) is 19.6 Å². The number of rotatable bonds is 10. The Balaban J connectivity index is 3.07. The van der Waals surface area contributed by atoms with Gasteiger partial charge in [0.2, 0.25) is 5.91 Å². The van der Waals surface area contributed by atoms with E-state index in [1.54, 1.807) is 0 Å². The smallest absolute Gasteiger partial charge is 0.243 e. The van der Waals surface area contributed by atoms with Crippen LogP contribution in [0.15, 0.2) is 5.16 Å². The first-order valence-electron chi connectivity index (χ1n) is 5.20. The molecule has 0 aliphatic heterocycles. The van der Waals surface area contributed by atoms with Crippen molar-refractivity contribution in [1.29, 1.82) is 0 Å². The van der Waals surface area contributed by atoms with Crippen molar-refractivity contribution in [1.82, 2.24) is 5.32 Å². The maximum atomic E-state index is 10.3. The standard InChI is InChI=1S/C9H20N4O3/c10-8(13-15)3-1-2-4-12-5-6-16-7-9(11)14/h12,15H,1-7H2,(H2,10,13)(H2,11,14). The molecule has 0 aromatic carbocycles. The predicted molar refractivity (Wildman–Crippen MR) is 60.1 cm³/mol. The predicted octanol–water partition coefficient (Wildman–Crippen LogP) is -1.01. The molecule has 0 radical (unpaired) electrons. The monoisotopic (exact) mass is 232 g/mol. The zero-order chi connectivity index (χ0) is 12.2. The molecule has 16 heavy (non-hydrogen) atoms. The fraction of sp³-hybridized carbons (Fsp3) is 0.778. The fourth-order valence-electron chi connectivity index (χ4n) is 1.05. The zero-order valence-electron chi connectivity index (χ0n) is 9.32. The Morgan fingerprint density at radius 3 is 2.69 bits per heavy atom. The minimum atomic E-state index is -0.459. The molecule has 6 N–H and O–H groups in total. The number of oxime groups is 1. The number of amidine groups is 1. The van der Waals surface area contributed by atoms with Crippen LogP contribution in [0.1, 0.15) is 19.3 Å². The lowest BCUT2D eigenvalue weighted by atomic mass is 10.2. The Morgan fingerprint density at radius 1 is 1.31 bits per heavy atom. The van der Waals surface area contributed by atoms with Crippen LogP contribution in [-0.4, -0.2) is 43.3 Å². The topological polar surface area (TPSA) is 123 Å². The molecule has 0 fully saturated rings. The lowest BCUT2D eigenvalue weighted by Gasteiger charge is -2.04. The van der Waals surface area contributed by atoms with Gasteiger partial charge in [-0.3, -0.25) is 4.79 Å². The highest BCUT2D eigenvalue weighted by Gasteiger charge is 1.95. The molecule has 0 heterocycles. The molecule has 0 saturated carbocycles. The number of nitrogens with zero attached hydrogens (tertiary/aromatic N) is 1. The Bertz CT molecular complexity index is 221. The number of ether oxygens (including phenoxy) is 1. The first-order chi connectivity index (χ1) is 7.66. The highest BCUT2D eigenvalue weighted by molar-refractivity contribution is 5.79. The van der Waals surface area contributed by atoms with Gasteiger partial charge in [-0.05, 0) is 19.4 Å². The molecule has 0 saturated heterocycles. The summed E-state index contributed by atoms with van der Waals surface area (Å²) in [5.74, 6) is -0.205. The van der Waals surface area contributed by atoms with Gasteiger partial charge in [0.1, 0.15) is 12.4 Å². The summed E-state index contributed by atoms with van der Waals surface area (Å²) in [6, 6.07) is 0. The molecule has 0 rings (SSSR count). The van der Waals surface area contributed by atoms with E-state index in [0.717, 1.165) is 19.4 Å². The van der Waals surface area contributed by atoms with Crippen LogP contribution < -0.4 is 16.8 Å². The van der Waals surface area contributed by atoms with E-state index in [9.17, 15) is 4.79 Å². The van der Waals surface area contributed by atoms with Crippen molar-refractivity contribution in [2.24, 2.45) is 16.6 Å². The summed E-state index contributed by atoms with van der Waals surface area (Å²) in [5, 5.41) is 14.3. The highest BCUT2D eigenvalue weighted by Crippen LogP contribution is 1.93. The number of nitrogens with one attached hydrogen (secondary N) is 1. The van der Waals surface area contributed by atoms with Gasteiger partial charge in [-0.25, -0.2) is 0 Å². The summed E-state index contributed by atoms with van der Waals surface area (Å²) in [6.45, 7) is 1.93. The SMILES string of the molecule is NC(=O)COCCNCCCCC(N)=NO. The second kappa shape index (κ2) is 10.2. The molecular weight excluding hydrogens is 212 g/mol. The first-order valence-corrected chi connectivity index (χ1v) is 5.20. The lowest BCUT2D eigenvalue weighted by molar-refractivity contribution is -0.122. The maximum Gasteiger partial charge on any atom is 0.243 e. The number of carbonyl (C=O) groups excluding carboxylic acids is 1. The van der Waals surface area contributed by atoms with Crippen LogP contribution in [0.2, 0.25) is 0 Å². The van der Waals surface area contributed by atoms with Gasteiger partial charge in [0, 0.05) is 13.0 Å². The number of primary amides is 1. The van der Waals surface area contributed by atoms with Crippen LogP contribution in [0, 0.1) is 0 Å². The summed E-state index contributed by atoms with van der Waals surface area (Å²) >= 11 is 0. The zero-order valence-corrected chi connectivity index (χ0v) is 9.32. The minimum Gasteiger partial charge on any atom is -0.409 e. The van der Waals surface area contributed by atoms with E-state index in [1.807, 2.05) is 0 Å². The average Bonchev–Trinajstić information content (AvgIpc) is 2.26. The fourth-order valence-corrected chi connectivity index (χ4v) is 1.05. The van der Waals surface area contributed by atoms with Gasteiger partial charge in [0.15, 0.2) is 0 Å². The average molecular weight is 232 g/mol. The van der Waals surface area contributed by atoms with E-state index >= 15 is 0 Å². The summed E-state index contributed by atoms with van der Waals surface area (Å²) in [4.78, 5) is 10.3. The third kappa shape index (κ3) is 10.7. The molecule has 1 amide bonds. The minimum absolute atomic E-state index is 0.0365. The number of amides is 1. The van der Waals surface area contributed by atoms with Crippen LogP contribution in [0.25, 0.3) is 0 Å². The third-order valence-electron chi connectivity index (χ3n) is 1.83. The third-order valence-corrected chi connectivity index (χ3v) is 1.83. The summed E-state index contributed by atoms with van der Waals surface area (Å²) in [7, 11) is 0. The van der Waals surface area contributed by atoms with Gasteiger partial charge < -0.3 is 26.7 Å². The summed E-state index contributed by atoms with van der Waals surface area (Å²) in [5.41, 5.74) is 10.2. The number of hydrogen-bond acceptors (Lipinski definition) is 5. The van der Waals surface area contributed by atoms with Crippen molar-refractivity contribution in [2.45, 2.75) is 19.3 Å². The Morgan fingerprint density at radius 2 is 2.06 bits per heavy atom.